The van der Waals surface area contributed by atoms with Gasteiger partial charge in [0, 0.05) is 6.54 Å². The smallest absolute Gasteiger partial charge is 0.239 e. The average molecular weight is 380 g/mol. The van der Waals surface area contributed by atoms with E-state index in [2.05, 4.69) is 25.6 Å². The molecule has 0 unspecified atom stereocenters. The minimum absolute atomic E-state index is 0.0736. The summed E-state index contributed by atoms with van der Waals surface area (Å²) in [5.41, 5.74) is 11.5. The molecule has 2 aromatic rings. The molecule has 2 amide bonds. The molecule has 3 heterocycles. The number of nitrogens with zero attached hydrogens (tertiary/aromatic N) is 4. The van der Waals surface area contributed by atoms with Crippen LogP contribution in [0.1, 0.15) is 6.23 Å². The summed E-state index contributed by atoms with van der Waals surface area (Å²) in [7, 11) is 0. The second-order valence-corrected chi connectivity index (χ2v) is 5.91. The number of aliphatic hydroxyl groups excluding tert-OH is 2. The van der Waals surface area contributed by atoms with Gasteiger partial charge < -0.3 is 37.1 Å². The van der Waals surface area contributed by atoms with Crippen molar-refractivity contribution < 1.29 is 24.5 Å². The van der Waals surface area contributed by atoms with E-state index in [-0.39, 0.29) is 25.5 Å². The van der Waals surface area contributed by atoms with Gasteiger partial charge in [0.25, 0.3) is 0 Å². The van der Waals surface area contributed by atoms with Crippen LogP contribution in [-0.2, 0) is 14.3 Å². The molecule has 1 aliphatic heterocycles. The van der Waals surface area contributed by atoms with E-state index in [1.165, 1.54) is 17.2 Å². The third-order valence-corrected chi connectivity index (χ3v) is 4.13. The zero-order chi connectivity index (χ0) is 19.6. The first-order valence-electron chi connectivity index (χ1n) is 8.10. The highest BCUT2D eigenvalue weighted by Gasteiger charge is 2.44. The topological polar surface area (TPSA) is 204 Å². The fourth-order valence-electron chi connectivity index (χ4n) is 2.71. The van der Waals surface area contributed by atoms with E-state index in [0.29, 0.717) is 11.2 Å². The summed E-state index contributed by atoms with van der Waals surface area (Å²) in [4.78, 5) is 34.7. The molecule has 8 N–H and O–H groups in total. The summed E-state index contributed by atoms with van der Waals surface area (Å²) in [6, 6.07) is 0. The van der Waals surface area contributed by atoms with Crippen LogP contribution >= 0.6 is 0 Å². The lowest BCUT2D eigenvalue weighted by atomic mass is 10.1. The van der Waals surface area contributed by atoms with Crippen LogP contribution in [0.3, 0.4) is 0 Å². The van der Waals surface area contributed by atoms with Crippen molar-refractivity contribution in [1.29, 1.82) is 0 Å². The summed E-state index contributed by atoms with van der Waals surface area (Å²) in [5.74, 6) is -0.778. The van der Waals surface area contributed by atoms with Gasteiger partial charge in [-0.1, -0.05) is 0 Å². The maximum absolute atomic E-state index is 11.7. The molecule has 0 spiro atoms. The highest BCUT2D eigenvalue weighted by atomic mass is 16.6. The van der Waals surface area contributed by atoms with Gasteiger partial charge in [-0.3, -0.25) is 14.2 Å². The van der Waals surface area contributed by atoms with Gasteiger partial charge in [0.2, 0.25) is 11.8 Å². The molecular weight excluding hydrogens is 360 g/mol. The average Bonchev–Trinajstić information content (AvgIpc) is 3.21. The Hall–Kier alpha value is -2.87. The number of aliphatic hydroxyl groups is 2. The van der Waals surface area contributed by atoms with Crippen molar-refractivity contribution in [2.45, 2.75) is 24.5 Å². The Morgan fingerprint density at radius 3 is 2.70 bits per heavy atom. The highest BCUT2D eigenvalue weighted by Crippen LogP contribution is 2.31. The Kier molecular flexibility index (Phi) is 5.46. The lowest BCUT2D eigenvalue weighted by Crippen LogP contribution is -2.44. The SMILES string of the molecule is NCC(=O)NCC(=O)NC[C@H]1O[C@@H](n2cnc3c(N)ncnc32)[C@H](O)[C@@H]1O. The highest BCUT2D eigenvalue weighted by molar-refractivity contribution is 5.85. The van der Waals surface area contributed by atoms with Crippen molar-refractivity contribution in [3.05, 3.63) is 12.7 Å². The molecule has 13 nitrogen and oxygen atoms in total. The predicted octanol–water partition coefficient (Wildman–Crippen LogP) is -3.78. The predicted molar refractivity (Wildman–Crippen MR) is 90.7 cm³/mol. The Balaban J connectivity index is 1.64. The van der Waals surface area contributed by atoms with E-state index in [9.17, 15) is 19.8 Å². The number of rotatable bonds is 6. The number of anilines is 1. The lowest BCUT2D eigenvalue weighted by molar-refractivity contribution is -0.125. The summed E-state index contributed by atoms with van der Waals surface area (Å²) in [6.07, 6.45) is -1.77. The van der Waals surface area contributed by atoms with Gasteiger partial charge >= 0.3 is 0 Å². The molecule has 27 heavy (non-hydrogen) atoms. The first kappa shape index (κ1) is 18.9. The fourth-order valence-corrected chi connectivity index (χ4v) is 2.71. The van der Waals surface area contributed by atoms with Crippen molar-refractivity contribution in [3.8, 4) is 0 Å². The molecule has 146 valence electrons. The first-order chi connectivity index (χ1) is 12.9. The molecule has 0 aliphatic carbocycles. The summed E-state index contributed by atoms with van der Waals surface area (Å²) >= 11 is 0. The molecule has 2 aromatic heterocycles. The number of hydrogen-bond donors (Lipinski definition) is 6. The van der Waals surface area contributed by atoms with Crippen LogP contribution in [0.15, 0.2) is 12.7 Å². The molecule has 4 atom stereocenters. The zero-order valence-corrected chi connectivity index (χ0v) is 14.1. The summed E-state index contributed by atoms with van der Waals surface area (Å²) < 4.78 is 7.11. The van der Waals surface area contributed by atoms with E-state index in [1.807, 2.05) is 0 Å². The van der Waals surface area contributed by atoms with Gasteiger partial charge in [-0.15, -0.1) is 0 Å². The zero-order valence-electron chi connectivity index (χ0n) is 14.1. The Morgan fingerprint density at radius 2 is 1.96 bits per heavy atom. The van der Waals surface area contributed by atoms with E-state index in [4.69, 9.17) is 16.2 Å². The third kappa shape index (κ3) is 3.80. The van der Waals surface area contributed by atoms with Gasteiger partial charge in [0.05, 0.1) is 19.4 Å². The second-order valence-electron chi connectivity index (χ2n) is 5.91. The standard InChI is InChI=1S/C14H20N8O5/c15-1-7(23)18-3-8(24)17-2-6-10(25)11(26)14(27-6)22-5-21-9-12(16)19-4-20-13(9)22/h4-6,10-11,14,25-26H,1-3,15H2,(H,17,24)(H,18,23)(H2,16,19,20)/t6-,10-,11-,14-/m1/s1. The maximum Gasteiger partial charge on any atom is 0.239 e. The number of aromatic nitrogens is 4. The van der Waals surface area contributed by atoms with E-state index < -0.39 is 36.4 Å². The van der Waals surface area contributed by atoms with Gasteiger partial charge in [0.15, 0.2) is 17.7 Å². The summed E-state index contributed by atoms with van der Waals surface area (Å²) in [5, 5.41) is 25.4. The van der Waals surface area contributed by atoms with Crippen LogP contribution in [0.25, 0.3) is 11.2 Å². The number of nitrogens with two attached hydrogens (primary N) is 2. The number of nitrogens with one attached hydrogen (secondary N) is 2. The first-order valence-corrected chi connectivity index (χ1v) is 8.10. The van der Waals surface area contributed by atoms with E-state index in [1.54, 1.807) is 0 Å². The molecule has 0 bridgehead atoms. The number of carbonyl (C=O) groups is 2. The van der Waals surface area contributed by atoms with Gasteiger partial charge in [0.1, 0.15) is 30.2 Å². The van der Waals surface area contributed by atoms with Crippen LogP contribution in [-0.4, -0.2) is 79.5 Å². The number of amides is 2. The molecule has 13 heteroatoms. The van der Waals surface area contributed by atoms with Crippen LogP contribution in [0, 0.1) is 0 Å². The van der Waals surface area contributed by atoms with Crippen molar-refractivity contribution in [2.75, 3.05) is 25.4 Å². The number of fused-ring (bicyclic) bond motifs is 1. The minimum atomic E-state index is -1.28. The van der Waals surface area contributed by atoms with Crippen molar-refractivity contribution in [1.82, 2.24) is 30.2 Å². The van der Waals surface area contributed by atoms with Crippen LogP contribution in [0.5, 0.6) is 0 Å². The molecular formula is C14H20N8O5. The van der Waals surface area contributed by atoms with Crippen LogP contribution in [0.4, 0.5) is 5.82 Å². The quantitative estimate of drug-likeness (QED) is 0.288. The number of imidazole rings is 1. The molecule has 3 rings (SSSR count). The summed E-state index contributed by atoms with van der Waals surface area (Å²) in [6.45, 7) is -0.554. The number of nitrogen functional groups attached to an aromatic ring is 1. The third-order valence-electron chi connectivity index (χ3n) is 4.13. The minimum Gasteiger partial charge on any atom is -0.387 e. The maximum atomic E-state index is 11.7. The molecule has 0 aromatic carbocycles. The van der Waals surface area contributed by atoms with E-state index >= 15 is 0 Å². The van der Waals surface area contributed by atoms with Gasteiger partial charge in [-0.25, -0.2) is 15.0 Å². The van der Waals surface area contributed by atoms with Crippen molar-refractivity contribution in [3.63, 3.8) is 0 Å². The van der Waals surface area contributed by atoms with Gasteiger partial charge in [-0.2, -0.15) is 0 Å². The molecule has 0 saturated carbocycles. The molecule has 1 saturated heterocycles. The normalized spacial score (nSPS) is 24.9. The second kappa shape index (κ2) is 7.79. The monoisotopic (exact) mass is 380 g/mol. The lowest BCUT2D eigenvalue weighted by Gasteiger charge is -2.16. The number of hydrogen-bond acceptors (Lipinski definition) is 10. The molecule has 1 aliphatic rings. The fraction of sp³-hybridized carbons (Fsp3) is 0.500. The molecule has 0 radical (unpaired) electrons. The number of ether oxygens (including phenoxy) is 1. The van der Waals surface area contributed by atoms with Crippen LogP contribution in [0.2, 0.25) is 0 Å². The van der Waals surface area contributed by atoms with Crippen LogP contribution < -0.4 is 22.1 Å². The Bertz CT molecular complexity index is 842. The Labute approximate surface area is 152 Å². The van der Waals surface area contributed by atoms with Crippen molar-refractivity contribution >= 4 is 28.8 Å². The number of carbonyl (C=O) groups excluding carboxylic acids is 2. The largest absolute Gasteiger partial charge is 0.387 e. The van der Waals surface area contributed by atoms with E-state index in [0.717, 1.165) is 0 Å². The van der Waals surface area contributed by atoms with Gasteiger partial charge in [-0.05, 0) is 0 Å². The van der Waals surface area contributed by atoms with Crippen molar-refractivity contribution in [2.24, 2.45) is 5.73 Å². The molecule has 1 fully saturated rings. The Morgan fingerprint density at radius 1 is 1.19 bits per heavy atom.